The molecular weight excluding hydrogens is 364 g/mol. The van der Waals surface area contributed by atoms with Gasteiger partial charge in [0.2, 0.25) is 0 Å². The molecule has 0 saturated heterocycles. The van der Waals surface area contributed by atoms with Gasteiger partial charge in [-0.25, -0.2) is 4.79 Å². The van der Waals surface area contributed by atoms with Crippen molar-refractivity contribution in [3.05, 3.63) is 61.6 Å². The summed E-state index contributed by atoms with van der Waals surface area (Å²) in [5, 5.41) is 23.3. The van der Waals surface area contributed by atoms with Gasteiger partial charge in [0, 0.05) is 15.6 Å². The number of nitro groups is 1. The summed E-state index contributed by atoms with van der Waals surface area (Å²) < 4.78 is 0.641. The Morgan fingerprint density at radius 1 is 1.24 bits per heavy atom. The van der Waals surface area contributed by atoms with E-state index in [9.17, 15) is 14.9 Å². The first kappa shape index (κ1) is 15.3. The Morgan fingerprint density at radius 2 is 1.95 bits per heavy atom. The van der Waals surface area contributed by atoms with Gasteiger partial charge in [-0.3, -0.25) is 10.1 Å². The summed E-state index contributed by atoms with van der Waals surface area (Å²) in [5.41, 5.74) is 0.282. The highest BCUT2D eigenvalue weighted by atomic mass is 79.9. The molecule has 0 fully saturated rings. The van der Waals surface area contributed by atoms with E-state index in [2.05, 4.69) is 21.2 Å². The molecule has 0 aromatic heterocycles. The number of aromatic carboxylic acids is 1. The molecule has 0 aliphatic rings. The van der Waals surface area contributed by atoms with Gasteiger partial charge in [-0.2, -0.15) is 0 Å². The monoisotopic (exact) mass is 370 g/mol. The maximum Gasteiger partial charge on any atom is 0.335 e. The molecule has 2 aromatic rings. The summed E-state index contributed by atoms with van der Waals surface area (Å²) in [6.07, 6.45) is 0. The average Bonchev–Trinajstić information content (AvgIpc) is 2.42. The van der Waals surface area contributed by atoms with E-state index in [1.54, 1.807) is 18.2 Å². The van der Waals surface area contributed by atoms with Crippen molar-refractivity contribution in [2.24, 2.45) is 0 Å². The molecule has 0 bridgehead atoms. The zero-order valence-corrected chi connectivity index (χ0v) is 12.7. The highest BCUT2D eigenvalue weighted by Gasteiger charge is 2.17. The molecule has 0 spiro atoms. The number of hydrogen-bond donors (Lipinski definition) is 2. The number of anilines is 2. The third-order valence-corrected chi connectivity index (χ3v) is 3.56. The highest BCUT2D eigenvalue weighted by molar-refractivity contribution is 9.10. The first-order valence-corrected chi connectivity index (χ1v) is 6.79. The van der Waals surface area contributed by atoms with Crippen LogP contribution >= 0.6 is 27.5 Å². The number of nitrogens with one attached hydrogen (secondary N) is 1. The van der Waals surface area contributed by atoms with Gasteiger partial charge in [-0.15, -0.1) is 0 Å². The van der Waals surface area contributed by atoms with Gasteiger partial charge in [0.05, 0.1) is 16.2 Å². The standard InChI is InChI=1S/C13H8BrClN2O4/c14-9-3-2-8(15)6-10(9)16-11-5-7(13(18)19)1-4-12(11)17(20)21/h1-6,16H,(H,18,19). The molecule has 0 aliphatic heterocycles. The fourth-order valence-corrected chi connectivity index (χ4v) is 2.18. The zero-order chi connectivity index (χ0) is 15.6. The van der Waals surface area contributed by atoms with Crippen LogP contribution in [-0.4, -0.2) is 16.0 Å². The van der Waals surface area contributed by atoms with Crippen molar-refractivity contribution >= 4 is 50.6 Å². The minimum absolute atomic E-state index is 0.0544. The van der Waals surface area contributed by atoms with Gasteiger partial charge < -0.3 is 10.4 Å². The molecule has 2 N–H and O–H groups in total. The molecule has 0 amide bonds. The van der Waals surface area contributed by atoms with Crippen molar-refractivity contribution < 1.29 is 14.8 Å². The van der Waals surface area contributed by atoms with Gasteiger partial charge in [-0.05, 0) is 46.3 Å². The molecule has 0 atom stereocenters. The van der Waals surface area contributed by atoms with Crippen molar-refractivity contribution in [2.75, 3.05) is 5.32 Å². The minimum Gasteiger partial charge on any atom is -0.478 e. The van der Waals surface area contributed by atoms with E-state index in [1.165, 1.54) is 12.1 Å². The quantitative estimate of drug-likeness (QED) is 0.612. The number of nitro benzene ring substituents is 1. The highest BCUT2D eigenvalue weighted by Crippen LogP contribution is 2.33. The molecule has 6 nitrogen and oxygen atoms in total. The topological polar surface area (TPSA) is 92.5 Å². The predicted molar refractivity (Wildman–Crippen MR) is 82.5 cm³/mol. The lowest BCUT2D eigenvalue weighted by atomic mass is 10.1. The zero-order valence-electron chi connectivity index (χ0n) is 10.3. The smallest absolute Gasteiger partial charge is 0.335 e. The Hall–Kier alpha value is -2.12. The second-order valence-electron chi connectivity index (χ2n) is 4.04. The first-order valence-electron chi connectivity index (χ1n) is 5.62. The predicted octanol–water partition coefficient (Wildman–Crippen LogP) is 4.45. The second-order valence-corrected chi connectivity index (χ2v) is 5.33. The Kier molecular flexibility index (Phi) is 4.44. The van der Waals surface area contributed by atoms with Crippen LogP contribution in [0.3, 0.4) is 0 Å². The van der Waals surface area contributed by atoms with Crippen LogP contribution in [0.5, 0.6) is 0 Å². The summed E-state index contributed by atoms with van der Waals surface area (Å²) in [5.74, 6) is -1.17. The van der Waals surface area contributed by atoms with E-state index in [0.29, 0.717) is 15.2 Å². The van der Waals surface area contributed by atoms with Crippen molar-refractivity contribution in [1.82, 2.24) is 0 Å². The Bertz CT molecular complexity index is 736. The van der Waals surface area contributed by atoms with Gasteiger partial charge in [-0.1, -0.05) is 11.6 Å². The fourth-order valence-electron chi connectivity index (χ4n) is 1.67. The summed E-state index contributed by atoms with van der Waals surface area (Å²) >= 11 is 9.17. The lowest BCUT2D eigenvalue weighted by Gasteiger charge is -2.10. The van der Waals surface area contributed by atoms with E-state index in [-0.39, 0.29) is 16.9 Å². The molecule has 108 valence electrons. The summed E-state index contributed by atoms with van der Waals surface area (Å²) in [6, 6.07) is 8.43. The first-order chi connectivity index (χ1) is 9.88. The van der Waals surface area contributed by atoms with E-state index in [1.807, 2.05) is 0 Å². The number of benzene rings is 2. The van der Waals surface area contributed by atoms with E-state index in [0.717, 1.165) is 6.07 Å². The van der Waals surface area contributed by atoms with Crippen LogP contribution in [0.25, 0.3) is 0 Å². The number of halogens is 2. The lowest BCUT2D eigenvalue weighted by molar-refractivity contribution is -0.383. The Balaban J connectivity index is 2.50. The maximum absolute atomic E-state index is 11.0. The van der Waals surface area contributed by atoms with Gasteiger partial charge in [0.25, 0.3) is 5.69 Å². The number of carboxylic acid groups (broad SMARTS) is 1. The third kappa shape index (κ3) is 3.50. The number of rotatable bonds is 4. The molecule has 0 saturated carbocycles. The van der Waals surface area contributed by atoms with Crippen molar-refractivity contribution in [3.63, 3.8) is 0 Å². The Morgan fingerprint density at radius 3 is 2.57 bits per heavy atom. The second kappa shape index (κ2) is 6.11. The van der Waals surface area contributed by atoms with Crippen LogP contribution in [0, 0.1) is 10.1 Å². The van der Waals surface area contributed by atoms with E-state index < -0.39 is 10.9 Å². The third-order valence-electron chi connectivity index (χ3n) is 2.64. The average molecular weight is 372 g/mol. The number of carboxylic acids is 1. The molecule has 2 rings (SSSR count). The SMILES string of the molecule is O=C(O)c1ccc([N+](=O)[O-])c(Nc2cc(Cl)ccc2Br)c1. The van der Waals surface area contributed by atoms with E-state index >= 15 is 0 Å². The largest absolute Gasteiger partial charge is 0.478 e. The van der Waals surface area contributed by atoms with Crippen molar-refractivity contribution in [3.8, 4) is 0 Å². The van der Waals surface area contributed by atoms with Crippen LogP contribution in [0.4, 0.5) is 17.1 Å². The van der Waals surface area contributed by atoms with Crippen LogP contribution in [0.15, 0.2) is 40.9 Å². The van der Waals surface area contributed by atoms with E-state index in [4.69, 9.17) is 16.7 Å². The molecule has 8 heteroatoms. The molecule has 0 radical (unpaired) electrons. The fraction of sp³-hybridized carbons (Fsp3) is 0. The van der Waals surface area contributed by atoms with Crippen molar-refractivity contribution in [1.29, 1.82) is 0 Å². The number of hydrogen-bond acceptors (Lipinski definition) is 4. The van der Waals surface area contributed by atoms with Crippen LogP contribution in [-0.2, 0) is 0 Å². The molecular formula is C13H8BrClN2O4. The van der Waals surface area contributed by atoms with Crippen molar-refractivity contribution in [2.45, 2.75) is 0 Å². The summed E-state index contributed by atoms with van der Waals surface area (Å²) in [6.45, 7) is 0. The minimum atomic E-state index is -1.17. The maximum atomic E-state index is 11.0. The van der Waals surface area contributed by atoms with Gasteiger partial charge in [0.1, 0.15) is 5.69 Å². The molecule has 0 aliphatic carbocycles. The van der Waals surface area contributed by atoms with Crippen LogP contribution < -0.4 is 5.32 Å². The number of nitrogens with zero attached hydrogens (tertiary/aromatic N) is 1. The van der Waals surface area contributed by atoms with Gasteiger partial charge >= 0.3 is 5.97 Å². The molecule has 21 heavy (non-hydrogen) atoms. The lowest BCUT2D eigenvalue weighted by Crippen LogP contribution is -2.02. The summed E-state index contributed by atoms with van der Waals surface area (Å²) in [4.78, 5) is 21.4. The van der Waals surface area contributed by atoms with Crippen LogP contribution in [0.1, 0.15) is 10.4 Å². The summed E-state index contributed by atoms with van der Waals surface area (Å²) in [7, 11) is 0. The molecule has 2 aromatic carbocycles. The molecule has 0 unspecified atom stereocenters. The van der Waals surface area contributed by atoms with Gasteiger partial charge in [0.15, 0.2) is 0 Å². The number of carbonyl (C=O) groups is 1. The normalized spacial score (nSPS) is 10.2. The molecule has 0 heterocycles. The van der Waals surface area contributed by atoms with Crippen LogP contribution in [0.2, 0.25) is 5.02 Å². The Labute approximate surface area is 132 Å².